The second-order valence-electron chi connectivity index (χ2n) is 4.57. The Balaban J connectivity index is 2.62. The molecule has 0 aliphatic rings. The maximum atomic E-state index is 5.14. The summed E-state index contributed by atoms with van der Waals surface area (Å²) < 4.78 is 6.34. The zero-order chi connectivity index (χ0) is 14.1. The summed E-state index contributed by atoms with van der Waals surface area (Å²) >= 11 is 3.68. The zero-order valence-corrected chi connectivity index (χ0v) is 13.8. The van der Waals surface area contributed by atoms with Crippen LogP contribution in [0.1, 0.15) is 25.0 Å². The monoisotopic (exact) mass is 328 g/mol. The van der Waals surface area contributed by atoms with Gasteiger partial charge in [-0.05, 0) is 30.3 Å². The minimum Gasteiger partial charge on any atom is -0.383 e. The molecule has 0 bridgehead atoms. The van der Waals surface area contributed by atoms with E-state index in [1.807, 2.05) is 0 Å². The molecule has 0 saturated carbocycles. The summed E-state index contributed by atoms with van der Waals surface area (Å²) in [6.45, 7) is 9.98. The van der Waals surface area contributed by atoms with Crippen LogP contribution in [-0.4, -0.2) is 38.3 Å². The molecular formula is C15H25BrN2O. The standard InChI is InChI=1S/C15H25BrN2O/c1-4-17-11-13-6-7-14(15(16)10-13)12-18(5-2)8-9-19-3/h6-7,10,17H,4-5,8-9,11-12H2,1-3H3. The molecule has 1 aromatic rings. The van der Waals surface area contributed by atoms with Crippen molar-refractivity contribution in [3.8, 4) is 0 Å². The number of nitrogens with one attached hydrogen (secondary N) is 1. The molecule has 4 heteroatoms. The number of benzene rings is 1. The van der Waals surface area contributed by atoms with Crippen LogP contribution >= 0.6 is 15.9 Å². The summed E-state index contributed by atoms with van der Waals surface area (Å²) in [4.78, 5) is 2.38. The molecule has 3 nitrogen and oxygen atoms in total. The fourth-order valence-corrected chi connectivity index (χ4v) is 2.46. The summed E-state index contributed by atoms with van der Waals surface area (Å²) in [5.41, 5.74) is 2.65. The highest BCUT2D eigenvalue weighted by Crippen LogP contribution is 2.20. The lowest BCUT2D eigenvalue weighted by Gasteiger charge is -2.21. The topological polar surface area (TPSA) is 24.5 Å². The smallest absolute Gasteiger partial charge is 0.0589 e. The highest BCUT2D eigenvalue weighted by molar-refractivity contribution is 9.10. The summed E-state index contributed by atoms with van der Waals surface area (Å²) in [5.74, 6) is 0. The van der Waals surface area contributed by atoms with E-state index in [0.29, 0.717) is 0 Å². The Morgan fingerprint density at radius 2 is 2.11 bits per heavy atom. The molecule has 19 heavy (non-hydrogen) atoms. The highest BCUT2D eigenvalue weighted by atomic mass is 79.9. The van der Waals surface area contributed by atoms with Gasteiger partial charge in [0, 0.05) is 31.2 Å². The van der Waals surface area contributed by atoms with Crippen LogP contribution in [0.25, 0.3) is 0 Å². The van der Waals surface area contributed by atoms with Gasteiger partial charge in [0.2, 0.25) is 0 Å². The van der Waals surface area contributed by atoms with Crippen LogP contribution in [0.5, 0.6) is 0 Å². The van der Waals surface area contributed by atoms with E-state index >= 15 is 0 Å². The Hall–Kier alpha value is -0.420. The predicted octanol–water partition coefficient (Wildman–Crippen LogP) is 3.03. The van der Waals surface area contributed by atoms with Crippen molar-refractivity contribution in [1.29, 1.82) is 0 Å². The van der Waals surface area contributed by atoms with E-state index in [1.54, 1.807) is 7.11 Å². The summed E-state index contributed by atoms with van der Waals surface area (Å²) in [6, 6.07) is 6.63. The van der Waals surface area contributed by atoms with Crippen LogP contribution in [0.3, 0.4) is 0 Å². The van der Waals surface area contributed by atoms with Crippen LogP contribution in [0, 0.1) is 0 Å². The summed E-state index contributed by atoms with van der Waals surface area (Å²) in [5, 5.41) is 3.34. The molecule has 1 rings (SSSR count). The van der Waals surface area contributed by atoms with Gasteiger partial charge >= 0.3 is 0 Å². The van der Waals surface area contributed by atoms with E-state index in [0.717, 1.165) is 39.3 Å². The van der Waals surface area contributed by atoms with Gasteiger partial charge in [-0.15, -0.1) is 0 Å². The molecule has 1 N–H and O–H groups in total. The lowest BCUT2D eigenvalue weighted by Crippen LogP contribution is -2.26. The van der Waals surface area contributed by atoms with Gasteiger partial charge in [-0.2, -0.15) is 0 Å². The van der Waals surface area contributed by atoms with Gasteiger partial charge in [-0.3, -0.25) is 4.90 Å². The lowest BCUT2D eigenvalue weighted by atomic mass is 10.1. The first-order chi connectivity index (χ1) is 9.21. The zero-order valence-electron chi connectivity index (χ0n) is 12.2. The molecule has 0 heterocycles. The SMILES string of the molecule is CCNCc1ccc(CN(CC)CCOC)c(Br)c1. The largest absolute Gasteiger partial charge is 0.383 e. The van der Waals surface area contributed by atoms with Gasteiger partial charge in [0.15, 0.2) is 0 Å². The highest BCUT2D eigenvalue weighted by Gasteiger charge is 2.07. The first kappa shape index (κ1) is 16.6. The van der Waals surface area contributed by atoms with Crippen molar-refractivity contribution in [3.63, 3.8) is 0 Å². The normalized spacial score (nSPS) is 11.2. The van der Waals surface area contributed by atoms with E-state index in [4.69, 9.17) is 4.74 Å². The third-order valence-electron chi connectivity index (χ3n) is 3.15. The molecule has 0 unspecified atom stereocenters. The van der Waals surface area contributed by atoms with Crippen LogP contribution in [0.2, 0.25) is 0 Å². The van der Waals surface area contributed by atoms with Crippen molar-refractivity contribution in [1.82, 2.24) is 10.2 Å². The van der Waals surface area contributed by atoms with Crippen molar-refractivity contribution >= 4 is 15.9 Å². The molecule has 0 radical (unpaired) electrons. The van der Waals surface area contributed by atoms with Crippen molar-refractivity contribution in [2.45, 2.75) is 26.9 Å². The number of hydrogen-bond donors (Lipinski definition) is 1. The first-order valence-corrected chi connectivity index (χ1v) is 7.69. The van der Waals surface area contributed by atoms with E-state index < -0.39 is 0 Å². The third kappa shape index (κ3) is 6.04. The molecule has 0 aromatic heterocycles. The Labute approximate surface area is 125 Å². The number of halogens is 1. The number of ether oxygens (including phenoxy) is 1. The Bertz CT molecular complexity index is 371. The Kier molecular flexibility index (Phi) is 8.30. The number of likely N-dealkylation sites (N-methyl/N-ethyl adjacent to an activating group) is 1. The maximum Gasteiger partial charge on any atom is 0.0589 e. The fourth-order valence-electron chi connectivity index (χ4n) is 1.91. The quantitative estimate of drug-likeness (QED) is 0.754. The summed E-state index contributed by atoms with van der Waals surface area (Å²) in [7, 11) is 1.75. The lowest BCUT2D eigenvalue weighted by molar-refractivity contribution is 0.147. The van der Waals surface area contributed by atoms with Gasteiger partial charge in [0.05, 0.1) is 6.61 Å². The molecule has 0 spiro atoms. The Morgan fingerprint density at radius 1 is 1.32 bits per heavy atom. The van der Waals surface area contributed by atoms with Crippen molar-refractivity contribution in [3.05, 3.63) is 33.8 Å². The van der Waals surface area contributed by atoms with Crippen LogP contribution in [-0.2, 0) is 17.8 Å². The number of methoxy groups -OCH3 is 1. The van der Waals surface area contributed by atoms with E-state index in [2.05, 4.69) is 58.2 Å². The Morgan fingerprint density at radius 3 is 2.68 bits per heavy atom. The minimum absolute atomic E-state index is 0.782. The minimum atomic E-state index is 0.782. The van der Waals surface area contributed by atoms with Gasteiger partial charge in [0.25, 0.3) is 0 Å². The van der Waals surface area contributed by atoms with Gasteiger partial charge in [-0.25, -0.2) is 0 Å². The van der Waals surface area contributed by atoms with Crippen molar-refractivity contribution < 1.29 is 4.74 Å². The van der Waals surface area contributed by atoms with Gasteiger partial charge < -0.3 is 10.1 Å². The van der Waals surface area contributed by atoms with E-state index in [1.165, 1.54) is 15.6 Å². The van der Waals surface area contributed by atoms with Crippen LogP contribution in [0.15, 0.2) is 22.7 Å². The average molecular weight is 329 g/mol. The van der Waals surface area contributed by atoms with Crippen molar-refractivity contribution in [2.75, 3.05) is 33.4 Å². The van der Waals surface area contributed by atoms with Gasteiger partial charge in [-0.1, -0.05) is 41.9 Å². The molecule has 1 aromatic carbocycles. The molecular weight excluding hydrogens is 304 g/mol. The molecule has 108 valence electrons. The summed E-state index contributed by atoms with van der Waals surface area (Å²) in [6.07, 6.45) is 0. The number of hydrogen-bond acceptors (Lipinski definition) is 3. The predicted molar refractivity (Wildman–Crippen MR) is 84.3 cm³/mol. The average Bonchev–Trinajstić information content (AvgIpc) is 2.43. The maximum absolute atomic E-state index is 5.14. The number of nitrogens with zero attached hydrogens (tertiary/aromatic N) is 1. The first-order valence-electron chi connectivity index (χ1n) is 6.90. The van der Waals surface area contributed by atoms with E-state index in [9.17, 15) is 0 Å². The molecule has 0 saturated heterocycles. The molecule has 0 aliphatic heterocycles. The van der Waals surface area contributed by atoms with Crippen LogP contribution in [0.4, 0.5) is 0 Å². The third-order valence-corrected chi connectivity index (χ3v) is 3.89. The molecule has 0 amide bonds. The van der Waals surface area contributed by atoms with E-state index in [-0.39, 0.29) is 0 Å². The fraction of sp³-hybridized carbons (Fsp3) is 0.600. The van der Waals surface area contributed by atoms with Crippen LogP contribution < -0.4 is 5.32 Å². The molecule has 0 atom stereocenters. The molecule has 0 fully saturated rings. The second-order valence-corrected chi connectivity index (χ2v) is 5.42. The molecule has 0 aliphatic carbocycles. The van der Waals surface area contributed by atoms with Crippen molar-refractivity contribution in [2.24, 2.45) is 0 Å². The second kappa shape index (κ2) is 9.48. The van der Waals surface area contributed by atoms with Gasteiger partial charge in [0.1, 0.15) is 0 Å². The number of rotatable bonds is 9.